The van der Waals surface area contributed by atoms with Crippen LogP contribution in [0.15, 0.2) is 46.7 Å². The van der Waals surface area contributed by atoms with Crippen LogP contribution >= 0.6 is 22.9 Å². The molecule has 2 aromatic carbocycles. The Morgan fingerprint density at radius 3 is 2.44 bits per heavy atom. The predicted molar refractivity (Wildman–Crippen MR) is 104 cm³/mol. The number of rotatable bonds is 4. The lowest BCUT2D eigenvalue weighted by molar-refractivity contribution is 0.600. The normalized spacial score (nSPS) is 11.5. The van der Waals surface area contributed by atoms with Crippen molar-refractivity contribution in [2.24, 2.45) is 0 Å². The molecule has 0 atom stereocenters. The van der Waals surface area contributed by atoms with Crippen LogP contribution in [0, 0.1) is 20.8 Å². The topological polar surface area (TPSA) is 59.1 Å². The Hall–Kier alpha value is -1.89. The Morgan fingerprint density at radius 1 is 1.04 bits per heavy atom. The van der Waals surface area contributed by atoms with Crippen molar-refractivity contribution in [2.75, 3.05) is 4.72 Å². The smallest absolute Gasteiger partial charge is 0.262 e. The summed E-state index contributed by atoms with van der Waals surface area (Å²) < 4.78 is 28.4. The Labute approximate surface area is 156 Å². The zero-order valence-corrected chi connectivity index (χ0v) is 16.4. The Balaban J connectivity index is 2.01. The van der Waals surface area contributed by atoms with Crippen LogP contribution in [0.25, 0.3) is 11.3 Å². The van der Waals surface area contributed by atoms with Gasteiger partial charge >= 0.3 is 0 Å². The largest absolute Gasteiger partial charge is 0.279 e. The SMILES string of the molecule is Cc1nc(-c2ccc(C)c(S(=O)(=O)Nc3ccc(Cl)cc3C)c2)cs1. The third kappa shape index (κ3) is 3.86. The van der Waals surface area contributed by atoms with Gasteiger partial charge in [-0.3, -0.25) is 4.72 Å². The summed E-state index contributed by atoms with van der Waals surface area (Å²) >= 11 is 7.47. The van der Waals surface area contributed by atoms with Crippen LogP contribution in [0.3, 0.4) is 0 Å². The molecule has 3 rings (SSSR count). The van der Waals surface area contributed by atoms with Gasteiger partial charge in [-0.15, -0.1) is 11.3 Å². The van der Waals surface area contributed by atoms with Crippen molar-refractivity contribution < 1.29 is 8.42 Å². The third-order valence-electron chi connectivity index (χ3n) is 3.83. The van der Waals surface area contributed by atoms with E-state index >= 15 is 0 Å². The average molecular weight is 393 g/mol. The molecule has 0 unspecified atom stereocenters. The zero-order valence-electron chi connectivity index (χ0n) is 14.0. The highest BCUT2D eigenvalue weighted by Crippen LogP contribution is 2.28. The lowest BCUT2D eigenvalue weighted by atomic mass is 10.1. The maximum absolute atomic E-state index is 12.9. The number of thiazole rings is 1. The predicted octanol–water partition coefficient (Wildman–Crippen LogP) is 5.19. The van der Waals surface area contributed by atoms with E-state index < -0.39 is 10.0 Å². The van der Waals surface area contributed by atoms with Gasteiger partial charge < -0.3 is 0 Å². The highest BCUT2D eigenvalue weighted by molar-refractivity contribution is 7.92. The van der Waals surface area contributed by atoms with Crippen molar-refractivity contribution in [1.82, 2.24) is 4.98 Å². The van der Waals surface area contributed by atoms with Gasteiger partial charge in [0.1, 0.15) is 0 Å². The molecule has 0 radical (unpaired) electrons. The van der Waals surface area contributed by atoms with E-state index in [-0.39, 0.29) is 4.90 Å². The fraction of sp³-hybridized carbons (Fsp3) is 0.167. The molecule has 0 aliphatic rings. The molecule has 4 nitrogen and oxygen atoms in total. The Morgan fingerprint density at radius 2 is 1.80 bits per heavy atom. The van der Waals surface area contributed by atoms with Gasteiger partial charge in [-0.2, -0.15) is 0 Å². The van der Waals surface area contributed by atoms with E-state index in [9.17, 15) is 8.42 Å². The summed E-state index contributed by atoms with van der Waals surface area (Å²) in [5, 5.41) is 3.43. The molecule has 7 heteroatoms. The maximum Gasteiger partial charge on any atom is 0.262 e. The van der Waals surface area contributed by atoms with Crippen molar-refractivity contribution in [3.63, 3.8) is 0 Å². The van der Waals surface area contributed by atoms with E-state index in [0.29, 0.717) is 16.3 Å². The molecule has 0 bridgehead atoms. The molecule has 0 saturated heterocycles. The lowest BCUT2D eigenvalue weighted by Gasteiger charge is -2.13. The standard InChI is InChI=1S/C18H17ClN2O2S2/c1-11-4-5-14(17-10-24-13(3)20-17)9-18(11)25(22,23)21-16-7-6-15(19)8-12(16)2/h4-10,21H,1-3H3. The number of hydrogen-bond donors (Lipinski definition) is 1. The molecular formula is C18H17ClN2O2S2. The van der Waals surface area contributed by atoms with Crippen molar-refractivity contribution in [3.8, 4) is 11.3 Å². The monoisotopic (exact) mass is 392 g/mol. The molecular weight excluding hydrogens is 376 g/mol. The summed E-state index contributed by atoms with van der Waals surface area (Å²) in [4.78, 5) is 4.67. The summed E-state index contributed by atoms with van der Waals surface area (Å²) in [7, 11) is -3.72. The van der Waals surface area contributed by atoms with Gasteiger partial charge in [0, 0.05) is 16.0 Å². The highest BCUT2D eigenvalue weighted by Gasteiger charge is 2.19. The quantitative estimate of drug-likeness (QED) is 0.664. The number of halogens is 1. The first-order valence-electron chi connectivity index (χ1n) is 7.58. The first kappa shape index (κ1) is 17.9. The van der Waals surface area contributed by atoms with Gasteiger partial charge in [0.2, 0.25) is 0 Å². The fourth-order valence-electron chi connectivity index (χ4n) is 2.49. The van der Waals surface area contributed by atoms with Crippen LogP contribution < -0.4 is 4.72 Å². The molecule has 0 spiro atoms. The number of hydrogen-bond acceptors (Lipinski definition) is 4. The van der Waals surface area contributed by atoms with Crippen molar-refractivity contribution in [3.05, 3.63) is 62.9 Å². The van der Waals surface area contributed by atoms with Crippen molar-refractivity contribution in [1.29, 1.82) is 0 Å². The number of sulfonamides is 1. The minimum Gasteiger partial charge on any atom is -0.279 e. The van der Waals surface area contributed by atoms with Gasteiger partial charge in [0.25, 0.3) is 10.0 Å². The van der Waals surface area contributed by atoms with Crippen LogP contribution in [0.5, 0.6) is 0 Å². The summed E-state index contributed by atoms with van der Waals surface area (Å²) in [6.45, 7) is 5.51. The van der Waals surface area contributed by atoms with E-state index in [0.717, 1.165) is 21.8 Å². The van der Waals surface area contributed by atoms with Crippen LogP contribution in [0.4, 0.5) is 5.69 Å². The van der Waals surface area contributed by atoms with Crippen LogP contribution in [-0.2, 0) is 10.0 Å². The third-order valence-corrected chi connectivity index (χ3v) is 6.34. The summed E-state index contributed by atoms with van der Waals surface area (Å²) in [5.74, 6) is 0. The first-order valence-corrected chi connectivity index (χ1v) is 10.3. The molecule has 0 saturated carbocycles. The Bertz CT molecular complexity index is 1040. The molecule has 0 aliphatic carbocycles. The molecule has 1 aromatic heterocycles. The highest BCUT2D eigenvalue weighted by atomic mass is 35.5. The average Bonchev–Trinajstić information content (AvgIpc) is 2.97. The number of anilines is 1. The van der Waals surface area contributed by atoms with Gasteiger partial charge in [-0.25, -0.2) is 13.4 Å². The zero-order chi connectivity index (χ0) is 18.2. The van der Waals surface area contributed by atoms with Crippen LogP contribution in [-0.4, -0.2) is 13.4 Å². The van der Waals surface area contributed by atoms with Gasteiger partial charge in [-0.05, 0) is 56.2 Å². The number of aromatic nitrogens is 1. The number of aryl methyl sites for hydroxylation is 3. The second-order valence-corrected chi connectivity index (χ2v) is 8.95. The van der Waals surface area contributed by atoms with Crippen molar-refractivity contribution >= 4 is 38.6 Å². The van der Waals surface area contributed by atoms with Gasteiger partial charge in [0.05, 0.1) is 21.3 Å². The van der Waals surface area contributed by atoms with E-state index in [4.69, 9.17) is 11.6 Å². The minimum absolute atomic E-state index is 0.241. The lowest BCUT2D eigenvalue weighted by Crippen LogP contribution is -2.15. The number of benzene rings is 2. The molecule has 1 heterocycles. The van der Waals surface area contributed by atoms with Gasteiger partial charge in [0.15, 0.2) is 0 Å². The second-order valence-electron chi connectivity index (χ2n) is 5.80. The molecule has 0 amide bonds. The number of nitrogens with zero attached hydrogens (tertiary/aromatic N) is 1. The fourth-order valence-corrected chi connectivity index (χ4v) is 4.74. The molecule has 25 heavy (non-hydrogen) atoms. The van der Waals surface area contributed by atoms with E-state index in [2.05, 4.69) is 9.71 Å². The van der Waals surface area contributed by atoms with Crippen molar-refractivity contribution in [2.45, 2.75) is 25.7 Å². The first-order chi connectivity index (χ1) is 11.8. The molecule has 0 fully saturated rings. The van der Waals surface area contributed by atoms with E-state index in [1.165, 1.54) is 11.3 Å². The summed E-state index contributed by atoms with van der Waals surface area (Å²) in [5.41, 5.74) is 3.51. The molecule has 130 valence electrons. The second kappa shape index (κ2) is 6.78. The minimum atomic E-state index is -3.72. The summed E-state index contributed by atoms with van der Waals surface area (Å²) in [6.07, 6.45) is 0. The van der Waals surface area contributed by atoms with E-state index in [1.54, 1.807) is 37.3 Å². The molecule has 1 N–H and O–H groups in total. The van der Waals surface area contributed by atoms with Crippen LogP contribution in [0.2, 0.25) is 5.02 Å². The van der Waals surface area contributed by atoms with E-state index in [1.807, 2.05) is 25.3 Å². The molecule has 3 aromatic rings. The number of nitrogens with one attached hydrogen (secondary N) is 1. The molecule has 0 aliphatic heterocycles. The Kier molecular flexibility index (Phi) is 4.86. The maximum atomic E-state index is 12.9. The van der Waals surface area contributed by atoms with Gasteiger partial charge in [-0.1, -0.05) is 23.7 Å². The van der Waals surface area contributed by atoms with Crippen LogP contribution in [0.1, 0.15) is 16.1 Å². The summed E-state index contributed by atoms with van der Waals surface area (Å²) in [6, 6.07) is 10.4.